The molecule has 0 aromatic carbocycles. The van der Waals surface area contributed by atoms with Gasteiger partial charge in [0.1, 0.15) is 0 Å². The zero-order valence-corrected chi connectivity index (χ0v) is 9.95. The number of hydrogen-bond donors (Lipinski definition) is 3. The summed E-state index contributed by atoms with van der Waals surface area (Å²) >= 11 is 0. The molecule has 1 fully saturated rings. The lowest BCUT2D eigenvalue weighted by Crippen LogP contribution is -2.46. The van der Waals surface area contributed by atoms with E-state index in [-0.39, 0.29) is 12.5 Å². The van der Waals surface area contributed by atoms with Crippen LogP contribution in [-0.2, 0) is 4.79 Å². The standard InChI is InChI=1S/C11H21N3O2/c1-7-3-4-9(8(2)5-7)13-6-10(15)14-11(12)16/h7-9,13H,3-6H2,1-2H3,(H3,12,14,15,16). The third kappa shape index (κ3) is 4.18. The van der Waals surface area contributed by atoms with Crippen LogP contribution in [0.15, 0.2) is 0 Å². The summed E-state index contributed by atoms with van der Waals surface area (Å²) in [7, 11) is 0. The molecule has 3 atom stereocenters. The largest absolute Gasteiger partial charge is 0.351 e. The van der Waals surface area contributed by atoms with Crippen molar-refractivity contribution in [3.63, 3.8) is 0 Å². The van der Waals surface area contributed by atoms with E-state index in [0.29, 0.717) is 12.0 Å². The number of primary amides is 1. The quantitative estimate of drug-likeness (QED) is 0.660. The zero-order chi connectivity index (χ0) is 12.1. The number of rotatable bonds is 3. The number of amides is 3. The van der Waals surface area contributed by atoms with Crippen molar-refractivity contribution in [2.45, 2.75) is 39.2 Å². The van der Waals surface area contributed by atoms with Gasteiger partial charge in [-0.1, -0.05) is 13.8 Å². The Morgan fingerprint density at radius 1 is 1.31 bits per heavy atom. The highest BCUT2D eigenvalue weighted by molar-refractivity contribution is 5.94. The van der Waals surface area contributed by atoms with Crippen molar-refractivity contribution in [1.82, 2.24) is 10.6 Å². The van der Waals surface area contributed by atoms with E-state index in [9.17, 15) is 9.59 Å². The molecule has 0 aliphatic heterocycles. The van der Waals surface area contributed by atoms with Crippen LogP contribution < -0.4 is 16.4 Å². The number of carbonyl (C=O) groups is 2. The second kappa shape index (κ2) is 5.84. The van der Waals surface area contributed by atoms with E-state index < -0.39 is 6.03 Å². The maximum atomic E-state index is 11.2. The van der Waals surface area contributed by atoms with Crippen molar-refractivity contribution in [3.8, 4) is 0 Å². The number of urea groups is 1. The second-order valence-electron chi connectivity index (χ2n) is 4.80. The molecule has 1 aliphatic rings. The average Bonchev–Trinajstić information content (AvgIpc) is 2.15. The Labute approximate surface area is 96.1 Å². The fourth-order valence-corrected chi connectivity index (χ4v) is 2.37. The lowest BCUT2D eigenvalue weighted by atomic mass is 9.80. The summed E-state index contributed by atoms with van der Waals surface area (Å²) < 4.78 is 0. The van der Waals surface area contributed by atoms with Gasteiger partial charge in [0.15, 0.2) is 0 Å². The molecule has 1 saturated carbocycles. The highest BCUT2D eigenvalue weighted by atomic mass is 16.2. The van der Waals surface area contributed by atoms with Gasteiger partial charge < -0.3 is 11.1 Å². The molecule has 16 heavy (non-hydrogen) atoms. The van der Waals surface area contributed by atoms with Gasteiger partial charge in [0.2, 0.25) is 5.91 Å². The van der Waals surface area contributed by atoms with Gasteiger partial charge in [-0.2, -0.15) is 0 Å². The fraction of sp³-hybridized carbons (Fsp3) is 0.818. The molecule has 3 amide bonds. The molecule has 5 nitrogen and oxygen atoms in total. The summed E-state index contributed by atoms with van der Waals surface area (Å²) in [6, 6.07) is -0.424. The zero-order valence-electron chi connectivity index (χ0n) is 9.95. The van der Waals surface area contributed by atoms with Crippen LogP contribution in [0.4, 0.5) is 4.79 Å². The lowest BCUT2D eigenvalue weighted by molar-refractivity contribution is -0.119. The molecule has 0 aromatic rings. The molecule has 0 heterocycles. The SMILES string of the molecule is CC1CCC(NCC(=O)NC(N)=O)C(C)C1. The Kier molecular flexibility index (Phi) is 4.73. The van der Waals surface area contributed by atoms with Crippen LogP contribution in [0, 0.1) is 11.8 Å². The minimum absolute atomic E-state index is 0.159. The monoisotopic (exact) mass is 227 g/mol. The number of imide groups is 1. The minimum Gasteiger partial charge on any atom is -0.351 e. The third-order valence-electron chi connectivity index (χ3n) is 3.22. The van der Waals surface area contributed by atoms with Crippen molar-refractivity contribution in [1.29, 1.82) is 0 Å². The maximum Gasteiger partial charge on any atom is 0.318 e. The van der Waals surface area contributed by atoms with Gasteiger partial charge in [0.05, 0.1) is 6.54 Å². The van der Waals surface area contributed by atoms with Crippen molar-refractivity contribution in [2.75, 3.05) is 6.54 Å². The first-order chi connectivity index (χ1) is 7.49. The third-order valence-corrected chi connectivity index (χ3v) is 3.22. The first kappa shape index (κ1) is 13.0. The lowest BCUT2D eigenvalue weighted by Gasteiger charge is -2.33. The van der Waals surface area contributed by atoms with Crippen molar-refractivity contribution in [3.05, 3.63) is 0 Å². The molecular formula is C11H21N3O2. The molecule has 0 radical (unpaired) electrons. The summed E-state index contributed by atoms with van der Waals surface area (Å²) in [6.07, 6.45) is 3.47. The van der Waals surface area contributed by atoms with Crippen molar-refractivity contribution in [2.24, 2.45) is 17.6 Å². The minimum atomic E-state index is -0.794. The highest BCUT2D eigenvalue weighted by Crippen LogP contribution is 2.28. The first-order valence-corrected chi connectivity index (χ1v) is 5.81. The summed E-state index contributed by atoms with van der Waals surface area (Å²) in [5.74, 6) is 0.982. The van der Waals surface area contributed by atoms with Crippen LogP contribution in [0.3, 0.4) is 0 Å². The maximum absolute atomic E-state index is 11.2. The Hall–Kier alpha value is -1.10. The number of nitrogens with one attached hydrogen (secondary N) is 2. The van der Waals surface area contributed by atoms with Gasteiger partial charge in [-0.25, -0.2) is 4.79 Å². The van der Waals surface area contributed by atoms with Gasteiger partial charge in [-0.3, -0.25) is 10.1 Å². The van der Waals surface area contributed by atoms with E-state index in [0.717, 1.165) is 12.3 Å². The molecule has 92 valence electrons. The van der Waals surface area contributed by atoms with E-state index in [2.05, 4.69) is 19.2 Å². The van der Waals surface area contributed by atoms with Crippen LogP contribution in [0.2, 0.25) is 0 Å². The predicted octanol–water partition coefficient (Wildman–Crippen LogP) is 0.596. The molecule has 1 aliphatic carbocycles. The Morgan fingerprint density at radius 2 is 2.00 bits per heavy atom. The van der Waals surface area contributed by atoms with E-state index in [1.165, 1.54) is 12.8 Å². The van der Waals surface area contributed by atoms with Gasteiger partial charge in [-0.05, 0) is 31.1 Å². The molecule has 5 heteroatoms. The molecule has 0 spiro atoms. The van der Waals surface area contributed by atoms with Crippen LogP contribution in [0.5, 0.6) is 0 Å². The molecule has 0 bridgehead atoms. The normalized spacial score (nSPS) is 29.8. The second-order valence-corrected chi connectivity index (χ2v) is 4.80. The Bertz CT molecular complexity index is 268. The van der Waals surface area contributed by atoms with Crippen LogP contribution in [-0.4, -0.2) is 24.5 Å². The molecule has 1 rings (SSSR count). The van der Waals surface area contributed by atoms with Crippen molar-refractivity contribution < 1.29 is 9.59 Å². The van der Waals surface area contributed by atoms with E-state index in [4.69, 9.17) is 5.73 Å². The predicted molar refractivity (Wildman–Crippen MR) is 61.7 cm³/mol. The Morgan fingerprint density at radius 3 is 2.56 bits per heavy atom. The van der Waals surface area contributed by atoms with Gasteiger partial charge in [0.25, 0.3) is 0 Å². The molecule has 0 saturated heterocycles. The van der Waals surface area contributed by atoms with Crippen LogP contribution in [0.25, 0.3) is 0 Å². The number of nitrogens with two attached hydrogens (primary N) is 1. The van der Waals surface area contributed by atoms with E-state index >= 15 is 0 Å². The number of carbonyl (C=O) groups excluding carboxylic acids is 2. The summed E-state index contributed by atoms with van der Waals surface area (Å²) in [5.41, 5.74) is 4.85. The summed E-state index contributed by atoms with van der Waals surface area (Å²) in [5, 5.41) is 5.22. The summed E-state index contributed by atoms with van der Waals surface area (Å²) in [4.78, 5) is 21.6. The van der Waals surface area contributed by atoms with Crippen molar-refractivity contribution >= 4 is 11.9 Å². The van der Waals surface area contributed by atoms with Crippen LogP contribution >= 0.6 is 0 Å². The van der Waals surface area contributed by atoms with E-state index in [1.54, 1.807) is 0 Å². The fourth-order valence-electron chi connectivity index (χ4n) is 2.37. The number of hydrogen-bond acceptors (Lipinski definition) is 3. The molecule has 4 N–H and O–H groups in total. The molecule has 0 aromatic heterocycles. The molecular weight excluding hydrogens is 206 g/mol. The molecule has 3 unspecified atom stereocenters. The average molecular weight is 227 g/mol. The Balaban J connectivity index is 2.27. The first-order valence-electron chi connectivity index (χ1n) is 5.81. The van der Waals surface area contributed by atoms with Crippen LogP contribution in [0.1, 0.15) is 33.1 Å². The summed E-state index contributed by atoms with van der Waals surface area (Å²) in [6.45, 7) is 4.61. The smallest absolute Gasteiger partial charge is 0.318 e. The topological polar surface area (TPSA) is 84.2 Å². The van der Waals surface area contributed by atoms with Gasteiger partial charge in [-0.15, -0.1) is 0 Å². The highest BCUT2D eigenvalue weighted by Gasteiger charge is 2.25. The van der Waals surface area contributed by atoms with Gasteiger partial charge in [0, 0.05) is 6.04 Å². The van der Waals surface area contributed by atoms with Gasteiger partial charge >= 0.3 is 6.03 Å². The van der Waals surface area contributed by atoms with E-state index in [1.807, 2.05) is 5.32 Å².